The summed E-state index contributed by atoms with van der Waals surface area (Å²) in [4.78, 5) is 80.3. The Kier molecular flexibility index (Phi) is 16.0. The van der Waals surface area contributed by atoms with Gasteiger partial charge in [0.05, 0.1) is 24.2 Å². The minimum absolute atomic E-state index is 0.0219. The number of nitrogens with zero attached hydrogens (tertiary/aromatic N) is 1. The average Bonchev–Trinajstić information content (AvgIpc) is 3.02. The quantitative estimate of drug-likeness (QED) is 0.0541. The van der Waals surface area contributed by atoms with E-state index in [9.17, 15) is 33.9 Å². The molecule has 0 aromatic rings. The summed E-state index contributed by atoms with van der Waals surface area (Å²) < 4.78 is 0. The highest BCUT2D eigenvalue weighted by Crippen LogP contribution is 2.29. The molecule has 3 aliphatic rings. The van der Waals surface area contributed by atoms with Crippen molar-refractivity contribution >= 4 is 41.5 Å². The van der Waals surface area contributed by atoms with E-state index in [0.29, 0.717) is 51.5 Å². The number of hydrogen-bond acceptors (Lipinski definition) is 8. The van der Waals surface area contributed by atoms with Crippen molar-refractivity contribution < 1.29 is 33.9 Å². The number of aliphatic imine (C=N–C) groups is 1. The van der Waals surface area contributed by atoms with Gasteiger partial charge in [0.25, 0.3) is 0 Å². The molecule has 3 saturated carbocycles. The summed E-state index contributed by atoms with van der Waals surface area (Å²) in [6, 6.07) is -2.53. The Morgan fingerprint density at radius 3 is 1.78 bits per heavy atom. The molecule has 3 aliphatic carbocycles. The van der Waals surface area contributed by atoms with Crippen LogP contribution >= 0.6 is 0 Å². The third-order valence-corrected chi connectivity index (χ3v) is 10.0. The Labute approximate surface area is 288 Å². The molecule has 276 valence electrons. The van der Waals surface area contributed by atoms with Gasteiger partial charge in [0.15, 0.2) is 5.96 Å². The number of nitrogens with two attached hydrogens (primary N) is 4. The van der Waals surface area contributed by atoms with Crippen molar-refractivity contribution in [3.63, 3.8) is 0 Å². The van der Waals surface area contributed by atoms with Gasteiger partial charge in [0.1, 0.15) is 0 Å². The van der Waals surface area contributed by atoms with Crippen LogP contribution in [0.3, 0.4) is 0 Å². The predicted molar refractivity (Wildman–Crippen MR) is 182 cm³/mol. The Bertz CT molecular complexity index is 1180. The molecule has 0 saturated heterocycles. The molecule has 8 atom stereocenters. The van der Waals surface area contributed by atoms with Gasteiger partial charge in [-0.05, 0) is 51.4 Å². The van der Waals surface area contributed by atoms with E-state index in [-0.39, 0.29) is 48.5 Å². The number of aliphatic carboxylic acids is 1. The van der Waals surface area contributed by atoms with Gasteiger partial charge >= 0.3 is 5.97 Å². The van der Waals surface area contributed by atoms with Crippen molar-refractivity contribution in [1.29, 1.82) is 0 Å². The molecular weight excluding hydrogens is 634 g/mol. The standard InChI is InChI=1S/C33H57N9O7/c34-24-12-4-1-9-21(24)30(47)39-19(8-7-15-38-33(36)37)17-28(44)41-25-13-5-2-10-22(25)32(49)42-26-14-6-3-11-23(26)31(48)40-20(16-27(35)43)18-29(45)46/h19-26H,1-18,34H2,(H2,35,43)(H,39,47)(H,40,48)(H,41,44)(H,42,49)(H,45,46)(H4,36,37,38)/t19-,20-,21-,22-,23?,24-,25+,26-/m0/s1. The first kappa shape index (κ1) is 39.5. The van der Waals surface area contributed by atoms with E-state index in [1.54, 1.807) is 0 Å². The van der Waals surface area contributed by atoms with E-state index in [1.165, 1.54) is 0 Å². The number of carbonyl (C=O) groups excluding carboxylic acids is 5. The minimum Gasteiger partial charge on any atom is -0.481 e. The molecule has 0 radical (unpaired) electrons. The lowest BCUT2D eigenvalue weighted by Crippen LogP contribution is -2.55. The lowest BCUT2D eigenvalue weighted by Gasteiger charge is -2.36. The van der Waals surface area contributed by atoms with Crippen molar-refractivity contribution in [2.75, 3.05) is 6.54 Å². The van der Waals surface area contributed by atoms with Crippen LogP contribution < -0.4 is 44.2 Å². The topological polar surface area (TPSA) is 287 Å². The first-order chi connectivity index (χ1) is 23.3. The monoisotopic (exact) mass is 691 g/mol. The highest BCUT2D eigenvalue weighted by molar-refractivity contribution is 5.86. The fourth-order valence-corrected chi connectivity index (χ4v) is 7.51. The summed E-state index contributed by atoms with van der Waals surface area (Å²) in [5.41, 5.74) is 22.4. The van der Waals surface area contributed by atoms with E-state index in [2.05, 4.69) is 26.3 Å². The number of amides is 5. The lowest BCUT2D eigenvalue weighted by molar-refractivity contribution is -0.138. The SMILES string of the molecule is NC(=O)C[C@@H](CC(=O)O)NC(=O)C1CCCC[C@@H]1NC(=O)[C@H]1CCCC[C@H]1NC(=O)C[C@H](CCCN=C(N)N)NC(=O)[C@H]1CCCC[C@@H]1N. The molecule has 16 heteroatoms. The van der Waals surface area contributed by atoms with Crippen LogP contribution in [0.4, 0.5) is 0 Å². The third-order valence-electron chi connectivity index (χ3n) is 10.0. The Morgan fingerprint density at radius 1 is 0.653 bits per heavy atom. The second-order valence-corrected chi connectivity index (χ2v) is 14.0. The van der Waals surface area contributed by atoms with Crippen LogP contribution in [-0.2, 0) is 28.8 Å². The molecule has 0 bridgehead atoms. The summed E-state index contributed by atoms with van der Waals surface area (Å²) in [5.74, 6) is -4.44. The van der Waals surface area contributed by atoms with Crippen LogP contribution in [0.2, 0.25) is 0 Å². The summed E-state index contributed by atoms with van der Waals surface area (Å²) in [7, 11) is 0. The average molecular weight is 692 g/mol. The van der Waals surface area contributed by atoms with Gasteiger partial charge in [-0.2, -0.15) is 0 Å². The van der Waals surface area contributed by atoms with Crippen molar-refractivity contribution in [2.45, 2.75) is 139 Å². The van der Waals surface area contributed by atoms with Crippen LogP contribution in [0.1, 0.15) is 109 Å². The van der Waals surface area contributed by atoms with Crippen LogP contribution in [0, 0.1) is 17.8 Å². The zero-order valence-corrected chi connectivity index (χ0v) is 28.5. The molecule has 5 amide bonds. The molecular formula is C33H57N9O7. The van der Waals surface area contributed by atoms with Crippen molar-refractivity contribution in [1.82, 2.24) is 21.3 Å². The van der Waals surface area contributed by atoms with E-state index in [0.717, 1.165) is 44.9 Å². The van der Waals surface area contributed by atoms with Gasteiger partial charge in [-0.15, -0.1) is 0 Å². The minimum atomic E-state index is -1.17. The zero-order valence-electron chi connectivity index (χ0n) is 28.5. The number of carbonyl (C=O) groups is 6. The molecule has 3 rings (SSSR count). The fraction of sp³-hybridized carbons (Fsp3) is 0.788. The molecule has 0 aliphatic heterocycles. The Hall–Kier alpha value is -3.95. The zero-order chi connectivity index (χ0) is 35.9. The predicted octanol–water partition coefficient (Wildman–Crippen LogP) is -0.383. The summed E-state index contributed by atoms with van der Waals surface area (Å²) in [6.07, 6.45) is 9.18. The van der Waals surface area contributed by atoms with Crippen LogP contribution in [0.15, 0.2) is 4.99 Å². The van der Waals surface area contributed by atoms with Gasteiger partial charge in [0.2, 0.25) is 29.5 Å². The number of carboxylic acid groups (broad SMARTS) is 1. The Balaban J connectivity index is 1.63. The van der Waals surface area contributed by atoms with Crippen molar-refractivity contribution in [2.24, 2.45) is 45.7 Å². The largest absolute Gasteiger partial charge is 0.481 e. The van der Waals surface area contributed by atoms with Crippen molar-refractivity contribution in [3.8, 4) is 0 Å². The number of primary amides is 1. The van der Waals surface area contributed by atoms with E-state index >= 15 is 0 Å². The van der Waals surface area contributed by atoms with E-state index < -0.39 is 60.2 Å². The number of carboxylic acids is 1. The molecule has 3 fully saturated rings. The van der Waals surface area contributed by atoms with E-state index in [1.807, 2.05) is 0 Å². The first-order valence-electron chi connectivity index (χ1n) is 17.9. The normalized spacial score (nSPS) is 26.6. The second-order valence-electron chi connectivity index (χ2n) is 14.0. The molecule has 49 heavy (non-hydrogen) atoms. The molecule has 0 spiro atoms. The third kappa shape index (κ3) is 13.5. The molecule has 0 aromatic heterocycles. The summed E-state index contributed by atoms with van der Waals surface area (Å²) in [6.45, 7) is 0.357. The smallest absolute Gasteiger partial charge is 0.305 e. The van der Waals surface area contributed by atoms with E-state index in [4.69, 9.17) is 22.9 Å². The fourth-order valence-electron chi connectivity index (χ4n) is 7.51. The molecule has 13 N–H and O–H groups in total. The molecule has 16 nitrogen and oxygen atoms in total. The molecule has 1 unspecified atom stereocenters. The maximum atomic E-state index is 13.7. The second kappa shape index (κ2) is 19.9. The highest BCUT2D eigenvalue weighted by atomic mass is 16.4. The van der Waals surface area contributed by atoms with Gasteiger partial charge in [-0.25, -0.2) is 0 Å². The summed E-state index contributed by atoms with van der Waals surface area (Å²) in [5, 5.41) is 21.0. The number of nitrogens with one attached hydrogen (secondary N) is 4. The lowest BCUT2D eigenvalue weighted by atomic mass is 9.81. The van der Waals surface area contributed by atoms with Gasteiger partial charge in [0, 0.05) is 49.6 Å². The van der Waals surface area contributed by atoms with Crippen LogP contribution in [0.25, 0.3) is 0 Å². The first-order valence-corrected chi connectivity index (χ1v) is 17.9. The maximum absolute atomic E-state index is 13.7. The highest BCUT2D eigenvalue weighted by Gasteiger charge is 2.38. The van der Waals surface area contributed by atoms with Crippen LogP contribution in [0.5, 0.6) is 0 Å². The Morgan fingerprint density at radius 2 is 1.18 bits per heavy atom. The van der Waals surface area contributed by atoms with Gasteiger partial charge in [-0.1, -0.05) is 38.5 Å². The maximum Gasteiger partial charge on any atom is 0.305 e. The number of hydrogen-bond donors (Lipinski definition) is 9. The van der Waals surface area contributed by atoms with Gasteiger partial charge in [-0.3, -0.25) is 33.8 Å². The van der Waals surface area contributed by atoms with Gasteiger partial charge < -0.3 is 49.3 Å². The molecule has 0 heterocycles. The van der Waals surface area contributed by atoms with Crippen LogP contribution in [-0.4, -0.2) is 83.3 Å². The summed E-state index contributed by atoms with van der Waals surface area (Å²) >= 11 is 0. The molecule has 0 aromatic carbocycles. The number of rotatable bonds is 17. The van der Waals surface area contributed by atoms with Crippen molar-refractivity contribution in [3.05, 3.63) is 0 Å². The number of guanidine groups is 1.